The van der Waals surface area contributed by atoms with E-state index in [0.717, 1.165) is 0 Å². The van der Waals surface area contributed by atoms with Gasteiger partial charge in [0.1, 0.15) is 13.2 Å². The molecule has 0 bridgehead atoms. The second-order valence-corrected chi connectivity index (χ2v) is 0.714. The third-order valence-electron chi connectivity index (χ3n) is 0.366. The molecule has 0 N–H and O–H groups in total. The van der Waals surface area contributed by atoms with Crippen molar-refractivity contribution in [3.05, 3.63) is 6.54 Å². The minimum Gasteiger partial charge on any atom is -0.472 e. The SMILES string of the molecule is [C]1=N[CH]CO1. The van der Waals surface area contributed by atoms with Crippen LogP contribution in [0.2, 0.25) is 0 Å². The Morgan fingerprint density at radius 1 is 2.00 bits per heavy atom. The number of ether oxygens (including phenoxy) is 1. The summed E-state index contributed by atoms with van der Waals surface area (Å²) in [4.78, 5) is 3.49. The molecule has 2 radical (unpaired) electrons. The van der Waals surface area contributed by atoms with E-state index in [-0.39, 0.29) is 0 Å². The maximum atomic E-state index is 4.47. The van der Waals surface area contributed by atoms with Crippen LogP contribution in [0.15, 0.2) is 4.99 Å². The molecule has 0 atom stereocenters. The predicted octanol–water partition coefficient (Wildman–Crippen LogP) is 0.0837. The number of nitrogens with zero attached hydrogens (tertiary/aromatic N) is 1. The second kappa shape index (κ2) is 1.06. The van der Waals surface area contributed by atoms with Crippen molar-refractivity contribution in [3.63, 3.8) is 0 Å². The van der Waals surface area contributed by atoms with Crippen LogP contribution in [0, 0.1) is 6.54 Å². The lowest BCUT2D eigenvalue weighted by atomic mass is 10.8. The Bertz CT molecular complexity index is 44.9. The summed E-state index contributed by atoms with van der Waals surface area (Å²) in [7, 11) is 0. The maximum Gasteiger partial charge on any atom is 0.273 e. The molecule has 0 saturated heterocycles. The van der Waals surface area contributed by atoms with Gasteiger partial charge in [-0.25, -0.2) is 4.99 Å². The Balaban J connectivity index is 2.32. The van der Waals surface area contributed by atoms with E-state index < -0.39 is 0 Å². The molecule has 0 fully saturated rings. The molecule has 5 heavy (non-hydrogen) atoms. The first-order chi connectivity index (χ1) is 2.50. The Kier molecular flexibility index (Phi) is 0.571. The van der Waals surface area contributed by atoms with Crippen LogP contribution in [-0.4, -0.2) is 13.0 Å². The fraction of sp³-hybridized carbons (Fsp3) is 0.333. The number of aliphatic imine (C=N–C) groups is 1. The van der Waals surface area contributed by atoms with E-state index in [1.165, 1.54) is 0 Å². The molecule has 0 aromatic rings. The fourth-order valence-electron chi connectivity index (χ4n) is 0.186. The van der Waals surface area contributed by atoms with Crippen molar-refractivity contribution in [3.8, 4) is 0 Å². The second-order valence-electron chi connectivity index (χ2n) is 0.714. The van der Waals surface area contributed by atoms with Crippen molar-refractivity contribution >= 4 is 6.40 Å². The third kappa shape index (κ3) is 0.375. The Labute approximate surface area is 30.5 Å². The van der Waals surface area contributed by atoms with Gasteiger partial charge in [0.15, 0.2) is 0 Å². The van der Waals surface area contributed by atoms with Gasteiger partial charge >= 0.3 is 0 Å². The zero-order valence-electron chi connectivity index (χ0n) is 2.64. The summed E-state index contributed by atoms with van der Waals surface area (Å²) in [6.07, 6.45) is 2.29. The first-order valence-electron chi connectivity index (χ1n) is 1.38. The van der Waals surface area contributed by atoms with Gasteiger partial charge in [0.05, 0.1) is 0 Å². The molecule has 0 unspecified atom stereocenters. The van der Waals surface area contributed by atoms with Gasteiger partial charge in [-0.1, -0.05) is 0 Å². The van der Waals surface area contributed by atoms with Crippen LogP contribution in [0.1, 0.15) is 0 Å². The van der Waals surface area contributed by atoms with E-state index in [4.69, 9.17) is 0 Å². The lowest BCUT2D eigenvalue weighted by Crippen LogP contribution is -1.75. The lowest BCUT2D eigenvalue weighted by Gasteiger charge is -1.74. The largest absolute Gasteiger partial charge is 0.472 e. The zero-order chi connectivity index (χ0) is 3.54. The zero-order valence-corrected chi connectivity index (χ0v) is 2.64. The summed E-state index contributed by atoms with van der Waals surface area (Å²) in [6.45, 7) is 2.25. The molecular weight excluding hydrogens is 66.0 g/mol. The Morgan fingerprint density at radius 3 is 3.20 bits per heavy atom. The summed E-state index contributed by atoms with van der Waals surface area (Å²) in [5.74, 6) is 0. The molecule has 26 valence electrons. The molecule has 2 nitrogen and oxygen atoms in total. The van der Waals surface area contributed by atoms with Crippen molar-refractivity contribution in [1.82, 2.24) is 0 Å². The normalized spacial score (nSPS) is 19.2. The van der Waals surface area contributed by atoms with Gasteiger partial charge in [0.25, 0.3) is 6.40 Å². The molecule has 0 saturated carbocycles. The maximum absolute atomic E-state index is 4.47. The minimum atomic E-state index is 0.597. The highest BCUT2D eigenvalue weighted by atomic mass is 16.5. The van der Waals surface area contributed by atoms with Gasteiger partial charge < -0.3 is 4.74 Å². The predicted molar refractivity (Wildman–Crippen MR) is 17.7 cm³/mol. The van der Waals surface area contributed by atoms with Gasteiger partial charge in [-0.2, -0.15) is 0 Å². The van der Waals surface area contributed by atoms with E-state index in [2.05, 4.69) is 16.1 Å². The topological polar surface area (TPSA) is 21.6 Å². The molecule has 0 aromatic carbocycles. The molecule has 0 amide bonds. The highest BCUT2D eigenvalue weighted by Gasteiger charge is 1.88. The summed E-state index contributed by atoms with van der Waals surface area (Å²) >= 11 is 0. The van der Waals surface area contributed by atoms with Gasteiger partial charge in [0, 0.05) is 0 Å². The van der Waals surface area contributed by atoms with Crippen molar-refractivity contribution < 1.29 is 4.74 Å². The van der Waals surface area contributed by atoms with Crippen molar-refractivity contribution in [1.29, 1.82) is 0 Å². The molecule has 0 aromatic heterocycles. The summed E-state index contributed by atoms with van der Waals surface area (Å²) in [6, 6.07) is 0. The summed E-state index contributed by atoms with van der Waals surface area (Å²) in [5.41, 5.74) is 0. The van der Waals surface area contributed by atoms with Crippen molar-refractivity contribution in [2.75, 3.05) is 6.61 Å². The smallest absolute Gasteiger partial charge is 0.273 e. The molecule has 1 heterocycles. The minimum absolute atomic E-state index is 0.597. The molecule has 0 spiro atoms. The average Bonchev–Trinajstić information content (AvgIpc) is 1.76. The number of hydrogen-bond acceptors (Lipinski definition) is 2. The lowest BCUT2D eigenvalue weighted by molar-refractivity contribution is 0.376. The summed E-state index contributed by atoms with van der Waals surface area (Å²) < 4.78 is 4.47. The highest BCUT2D eigenvalue weighted by Crippen LogP contribution is 1.85. The molecule has 0 aliphatic carbocycles. The number of hydrogen-bond donors (Lipinski definition) is 0. The van der Waals surface area contributed by atoms with Crippen LogP contribution in [0.4, 0.5) is 0 Å². The third-order valence-corrected chi connectivity index (χ3v) is 0.366. The van der Waals surface area contributed by atoms with E-state index >= 15 is 0 Å². The van der Waals surface area contributed by atoms with Gasteiger partial charge in [-0.15, -0.1) is 0 Å². The van der Waals surface area contributed by atoms with E-state index in [1.807, 2.05) is 0 Å². The van der Waals surface area contributed by atoms with Crippen LogP contribution >= 0.6 is 0 Å². The van der Waals surface area contributed by atoms with Crippen LogP contribution in [0.25, 0.3) is 0 Å². The Morgan fingerprint density at radius 2 is 3.00 bits per heavy atom. The van der Waals surface area contributed by atoms with Crippen molar-refractivity contribution in [2.24, 2.45) is 4.99 Å². The standard InChI is InChI=1S/C3H3NO/c1-2-5-3-4-1/h1H,2H2. The first-order valence-corrected chi connectivity index (χ1v) is 1.38. The monoisotopic (exact) mass is 69.0 g/mol. The molecular formula is C3H3NO. The van der Waals surface area contributed by atoms with Gasteiger partial charge in [-0.05, 0) is 0 Å². The quantitative estimate of drug-likeness (QED) is 0.395. The molecule has 1 aliphatic heterocycles. The molecule has 2 heteroatoms. The van der Waals surface area contributed by atoms with Crippen molar-refractivity contribution in [2.45, 2.75) is 0 Å². The average molecular weight is 69.1 g/mol. The van der Waals surface area contributed by atoms with Crippen LogP contribution < -0.4 is 0 Å². The van der Waals surface area contributed by atoms with E-state index in [9.17, 15) is 0 Å². The van der Waals surface area contributed by atoms with Crippen LogP contribution in [0.3, 0.4) is 0 Å². The van der Waals surface area contributed by atoms with E-state index in [1.54, 1.807) is 6.54 Å². The number of rotatable bonds is 0. The van der Waals surface area contributed by atoms with Gasteiger partial charge in [-0.3, -0.25) is 0 Å². The van der Waals surface area contributed by atoms with Crippen LogP contribution in [-0.2, 0) is 4.74 Å². The molecule has 1 rings (SSSR count). The van der Waals surface area contributed by atoms with E-state index in [0.29, 0.717) is 6.61 Å². The fourth-order valence-corrected chi connectivity index (χ4v) is 0.186. The Hall–Kier alpha value is -0.530. The molecule has 1 aliphatic rings. The first kappa shape index (κ1) is 2.69. The highest BCUT2D eigenvalue weighted by molar-refractivity contribution is 5.49. The van der Waals surface area contributed by atoms with Crippen LogP contribution in [0.5, 0.6) is 0 Å². The van der Waals surface area contributed by atoms with Gasteiger partial charge in [0.2, 0.25) is 0 Å². The summed E-state index contributed by atoms with van der Waals surface area (Å²) in [5, 5.41) is 0.